The first-order valence-corrected chi connectivity index (χ1v) is 12.8. The van der Waals surface area contributed by atoms with Crippen LogP contribution in [-0.4, -0.2) is 52.9 Å². The Balaban J connectivity index is 1.39. The second-order valence-electron chi connectivity index (χ2n) is 10.0. The van der Waals surface area contributed by atoms with Crippen molar-refractivity contribution in [3.05, 3.63) is 65.2 Å². The first-order valence-electron chi connectivity index (χ1n) is 12.5. The van der Waals surface area contributed by atoms with Crippen molar-refractivity contribution in [1.29, 1.82) is 0 Å². The van der Waals surface area contributed by atoms with Crippen LogP contribution in [0.25, 0.3) is 11.1 Å². The molecule has 0 bridgehead atoms. The van der Waals surface area contributed by atoms with Crippen LogP contribution < -0.4 is 20.7 Å². The molecule has 1 spiro atoms. The molecule has 2 aliphatic rings. The van der Waals surface area contributed by atoms with Gasteiger partial charge in [0.05, 0.1) is 0 Å². The molecule has 3 heterocycles. The van der Waals surface area contributed by atoms with Crippen molar-refractivity contribution in [2.75, 3.05) is 30.3 Å². The summed E-state index contributed by atoms with van der Waals surface area (Å²) in [6, 6.07) is 13.5. The molecule has 2 aromatic carbocycles. The van der Waals surface area contributed by atoms with Crippen molar-refractivity contribution in [1.82, 2.24) is 15.3 Å². The maximum Gasteiger partial charge on any atom is 0.429 e. The molecular formula is C27H27ClF3N5O3. The largest absolute Gasteiger partial charge is 0.480 e. The van der Waals surface area contributed by atoms with Crippen LogP contribution in [0.1, 0.15) is 30.9 Å². The number of ether oxygens (including phenoxy) is 1. The van der Waals surface area contributed by atoms with E-state index >= 15 is 0 Å². The van der Waals surface area contributed by atoms with Gasteiger partial charge >= 0.3 is 12.1 Å². The SMILES string of the molecule is Nc1nc(O[C@H](c2ccccc2-c2cccc(Cl)c2)C(F)(F)F)cc(N2CCC3(CC2)CN[C@H](C(=O)O)C3)n1. The maximum atomic E-state index is 14.4. The molecule has 2 atom stereocenters. The summed E-state index contributed by atoms with van der Waals surface area (Å²) in [5, 5.41) is 12.8. The zero-order chi connectivity index (χ0) is 27.8. The molecule has 0 saturated carbocycles. The van der Waals surface area contributed by atoms with Gasteiger partial charge in [0.2, 0.25) is 17.9 Å². The highest BCUT2D eigenvalue weighted by atomic mass is 35.5. The Morgan fingerprint density at radius 2 is 1.90 bits per heavy atom. The summed E-state index contributed by atoms with van der Waals surface area (Å²) >= 11 is 6.10. The molecule has 2 fully saturated rings. The number of aromatic nitrogens is 2. The maximum absolute atomic E-state index is 14.4. The van der Waals surface area contributed by atoms with Crippen LogP contribution in [0, 0.1) is 5.41 Å². The summed E-state index contributed by atoms with van der Waals surface area (Å²) in [5.74, 6) is -1.01. The third kappa shape index (κ3) is 5.89. The monoisotopic (exact) mass is 561 g/mol. The molecule has 1 aromatic heterocycles. The average molecular weight is 562 g/mol. The predicted octanol–water partition coefficient (Wildman–Crippen LogP) is 5.09. The highest BCUT2D eigenvalue weighted by Crippen LogP contribution is 2.43. The van der Waals surface area contributed by atoms with Crippen molar-refractivity contribution < 1.29 is 27.8 Å². The lowest BCUT2D eigenvalue weighted by Gasteiger charge is -2.39. The van der Waals surface area contributed by atoms with Gasteiger partial charge in [-0.25, -0.2) is 0 Å². The van der Waals surface area contributed by atoms with Gasteiger partial charge < -0.3 is 25.8 Å². The zero-order valence-electron chi connectivity index (χ0n) is 20.8. The van der Waals surface area contributed by atoms with Crippen molar-refractivity contribution in [3.8, 4) is 17.0 Å². The average Bonchev–Trinajstić information content (AvgIpc) is 3.30. The number of carboxylic acid groups (broad SMARTS) is 1. The summed E-state index contributed by atoms with van der Waals surface area (Å²) < 4.78 is 48.7. The lowest BCUT2D eigenvalue weighted by atomic mass is 9.76. The molecule has 0 amide bonds. The number of piperidine rings is 1. The van der Waals surface area contributed by atoms with Gasteiger partial charge in [-0.15, -0.1) is 0 Å². The Morgan fingerprint density at radius 3 is 2.56 bits per heavy atom. The zero-order valence-corrected chi connectivity index (χ0v) is 21.5. The second kappa shape index (κ2) is 10.5. The van der Waals surface area contributed by atoms with Gasteiger partial charge in [0.15, 0.2) is 0 Å². The molecule has 0 aliphatic carbocycles. The van der Waals surface area contributed by atoms with Crippen molar-refractivity contribution >= 4 is 29.3 Å². The van der Waals surface area contributed by atoms with E-state index in [1.54, 1.807) is 36.4 Å². The number of alkyl halides is 3. The molecule has 4 N–H and O–H groups in total. The molecule has 8 nitrogen and oxygen atoms in total. The van der Waals surface area contributed by atoms with Crippen LogP contribution in [0.2, 0.25) is 5.02 Å². The number of anilines is 2. The number of aliphatic carboxylic acids is 1. The summed E-state index contributed by atoms with van der Waals surface area (Å²) in [6.07, 6.45) is -5.13. The summed E-state index contributed by atoms with van der Waals surface area (Å²) in [6.45, 7) is 1.70. The number of nitrogen functional groups attached to an aromatic ring is 1. The van der Waals surface area contributed by atoms with Crippen LogP contribution in [0.3, 0.4) is 0 Å². The fourth-order valence-electron chi connectivity index (χ4n) is 5.41. The van der Waals surface area contributed by atoms with Gasteiger partial charge in [-0.3, -0.25) is 4.79 Å². The minimum Gasteiger partial charge on any atom is -0.480 e. The molecule has 206 valence electrons. The molecule has 2 aliphatic heterocycles. The lowest BCUT2D eigenvalue weighted by Crippen LogP contribution is -2.41. The number of hydrogen-bond acceptors (Lipinski definition) is 7. The van der Waals surface area contributed by atoms with E-state index in [0.29, 0.717) is 60.9 Å². The molecule has 12 heteroatoms. The fourth-order valence-corrected chi connectivity index (χ4v) is 5.60. The smallest absolute Gasteiger partial charge is 0.429 e. The van der Waals surface area contributed by atoms with Crippen LogP contribution in [-0.2, 0) is 4.79 Å². The quantitative estimate of drug-likeness (QED) is 0.381. The second-order valence-corrected chi connectivity index (χ2v) is 10.5. The lowest BCUT2D eigenvalue weighted by molar-refractivity contribution is -0.198. The van der Waals surface area contributed by atoms with E-state index in [0.717, 1.165) is 0 Å². The van der Waals surface area contributed by atoms with E-state index in [1.807, 2.05) is 4.90 Å². The normalized spacial score (nSPS) is 19.7. The van der Waals surface area contributed by atoms with E-state index < -0.39 is 24.3 Å². The molecular weight excluding hydrogens is 535 g/mol. The molecule has 0 unspecified atom stereocenters. The minimum atomic E-state index is -4.76. The Bertz CT molecular complexity index is 1360. The van der Waals surface area contributed by atoms with E-state index in [2.05, 4.69) is 15.3 Å². The number of carboxylic acids is 1. The highest BCUT2D eigenvalue weighted by Gasteiger charge is 2.45. The van der Waals surface area contributed by atoms with Crippen LogP contribution in [0.15, 0.2) is 54.6 Å². The number of nitrogens with zero attached hydrogens (tertiary/aromatic N) is 3. The number of hydrogen-bond donors (Lipinski definition) is 3. The Labute approximate surface area is 228 Å². The third-order valence-electron chi connectivity index (χ3n) is 7.43. The van der Waals surface area contributed by atoms with Crippen molar-refractivity contribution in [2.45, 2.75) is 37.6 Å². The van der Waals surface area contributed by atoms with Crippen molar-refractivity contribution in [3.63, 3.8) is 0 Å². The van der Waals surface area contributed by atoms with E-state index in [-0.39, 0.29) is 22.8 Å². The first-order chi connectivity index (χ1) is 18.5. The Kier molecular flexibility index (Phi) is 7.30. The van der Waals surface area contributed by atoms with Gasteiger partial charge in [0.1, 0.15) is 11.9 Å². The van der Waals surface area contributed by atoms with Gasteiger partial charge in [0, 0.05) is 36.3 Å². The Morgan fingerprint density at radius 1 is 1.15 bits per heavy atom. The van der Waals surface area contributed by atoms with Crippen LogP contribution in [0.5, 0.6) is 5.88 Å². The molecule has 39 heavy (non-hydrogen) atoms. The summed E-state index contributed by atoms with van der Waals surface area (Å²) in [5.41, 5.74) is 6.52. The van der Waals surface area contributed by atoms with E-state index in [9.17, 15) is 23.1 Å². The number of halogens is 4. The van der Waals surface area contributed by atoms with Gasteiger partial charge in [0.25, 0.3) is 0 Å². The number of rotatable bonds is 6. The molecule has 5 rings (SSSR count). The molecule has 3 aromatic rings. The minimum absolute atomic E-state index is 0.0902. The van der Waals surface area contributed by atoms with Crippen LogP contribution in [0.4, 0.5) is 24.9 Å². The van der Waals surface area contributed by atoms with Gasteiger partial charge in [-0.2, -0.15) is 23.1 Å². The van der Waals surface area contributed by atoms with Gasteiger partial charge in [-0.05, 0) is 47.9 Å². The van der Waals surface area contributed by atoms with E-state index in [4.69, 9.17) is 22.1 Å². The number of benzene rings is 2. The highest BCUT2D eigenvalue weighted by molar-refractivity contribution is 6.30. The standard InChI is InChI=1S/C27H27ClF3N5O3/c28-17-5-3-4-16(12-17)18-6-1-2-7-19(18)23(27(29,30)31)39-22-13-21(34-25(32)35-22)36-10-8-26(9-11-36)14-20(24(37)38)33-15-26/h1-7,12-13,20,23,33H,8-11,14-15H2,(H,37,38)(H2,32,34,35)/t20-,23+/m0/s1. The molecule has 2 saturated heterocycles. The van der Waals surface area contributed by atoms with Crippen LogP contribution >= 0.6 is 11.6 Å². The third-order valence-corrected chi connectivity index (χ3v) is 7.66. The van der Waals surface area contributed by atoms with Crippen molar-refractivity contribution in [2.24, 2.45) is 5.41 Å². The van der Waals surface area contributed by atoms with E-state index in [1.165, 1.54) is 18.2 Å². The summed E-state index contributed by atoms with van der Waals surface area (Å²) in [7, 11) is 0. The number of carbonyl (C=O) groups is 1. The molecule has 0 radical (unpaired) electrons. The van der Waals surface area contributed by atoms with Gasteiger partial charge in [-0.1, -0.05) is 48.0 Å². The number of nitrogens with two attached hydrogens (primary N) is 1. The fraction of sp³-hybridized carbons (Fsp3) is 0.370. The topological polar surface area (TPSA) is 114 Å². The first kappa shape index (κ1) is 27.0. The predicted molar refractivity (Wildman–Crippen MR) is 141 cm³/mol. The number of nitrogens with one attached hydrogen (secondary N) is 1. The summed E-state index contributed by atoms with van der Waals surface area (Å²) in [4.78, 5) is 21.5. The Hall–Kier alpha value is -3.57.